The fraction of sp³-hybridized carbons (Fsp3) is 0.909. The van der Waals surface area contributed by atoms with E-state index in [1.807, 2.05) is 0 Å². The molecule has 0 bridgehead atoms. The minimum atomic E-state index is -0.116. The van der Waals surface area contributed by atoms with Crippen molar-refractivity contribution in [1.82, 2.24) is 16.0 Å². The predicted octanol–water partition coefficient (Wildman–Crippen LogP) is 2.10. The Hall–Kier alpha value is -1.18. The number of carbonyl (C=O) groups is 2. The zero-order chi connectivity index (χ0) is 21.3. The lowest BCUT2D eigenvalue weighted by Crippen LogP contribution is -2.44. The maximum atomic E-state index is 12.6. The van der Waals surface area contributed by atoms with Gasteiger partial charge in [-0.3, -0.25) is 9.59 Å². The van der Waals surface area contributed by atoms with Crippen LogP contribution in [0.3, 0.4) is 0 Å². The van der Waals surface area contributed by atoms with E-state index in [0.29, 0.717) is 38.6 Å². The Morgan fingerprint density at radius 3 is 1.86 bits per heavy atom. The average molecular weight is 414 g/mol. The normalized spacial score (nSPS) is 21.7. The molecule has 29 heavy (non-hydrogen) atoms. The van der Waals surface area contributed by atoms with Gasteiger partial charge in [0.05, 0.1) is 13.2 Å². The van der Waals surface area contributed by atoms with Gasteiger partial charge < -0.3 is 25.4 Å². The van der Waals surface area contributed by atoms with Gasteiger partial charge in [0.1, 0.15) is 0 Å². The summed E-state index contributed by atoms with van der Waals surface area (Å²) in [6.45, 7) is 6.14. The molecule has 7 nitrogen and oxygen atoms in total. The number of hydrogen-bond acceptors (Lipinski definition) is 5. The summed E-state index contributed by atoms with van der Waals surface area (Å²) in [4.78, 5) is 25.2. The van der Waals surface area contributed by atoms with Crippen LogP contribution in [0.15, 0.2) is 0 Å². The molecule has 0 heterocycles. The molecule has 0 aliphatic heterocycles. The molecule has 170 valence electrons. The van der Waals surface area contributed by atoms with Gasteiger partial charge in [-0.05, 0) is 44.7 Å². The standard InChI is InChI=1S/C22H43N3O4/c1-4-5-6-7-8-9-23-17-18-14-19(21(26)24-10-12-28-2)16-20(15-18)22(27)25-11-13-29-3/h18-20,23H,4-17H2,1-3H3,(H,24,26)(H,25,27). The smallest absolute Gasteiger partial charge is 0.223 e. The second kappa shape index (κ2) is 16.6. The topological polar surface area (TPSA) is 88.7 Å². The highest BCUT2D eigenvalue weighted by atomic mass is 16.5. The molecule has 0 aromatic rings. The summed E-state index contributed by atoms with van der Waals surface area (Å²) in [6, 6.07) is 0. The number of nitrogens with one attached hydrogen (secondary N) is 3. The molecule has 0 saturated heterocycles. The average Bonchev–Trinajstić information content (AvgIpc) is 2.73. The van der Waals surface area contributed by atoms with Crippen LogP contribution in [0.2, 0.25) is 0 Å². The highest BCUT2D eigenvalue weighted by Crippen LogP contribution is 2.33. The maximum Gasteiger partial charge on any atom is 0.223 e. The quantitative estimate of drug-likeness (QED) is 0.337. The van der Waals surface area contributed by atoms with Gasteiger partial charge in [0.2, 0.25) is 11.8 Å². The first kappa shape index (κ1) is 25.9. The molecule has 0 aromatic carbocycles. The van der Waals surface area contributed by atoms with Gasteiger partial charge in [-0.2, -0.15) is 0 Å². The Balaban J connectivity index is 2.50. The molecule has 1 rings (SSSR count). The molecule has 1 aliphatic rings. The molecule has 2 amide bonds. The Kier molecular flexibility index (Phi) is 14.8. The van der Waals surface area contributed by atoms with Crippen molar-refractivity contribution >= 4 is 11.8 Å². The second-order valence-electron chi connectivity index (χ2n) is 8.15. The van der Waals surface area contributed by atoms with Crippen LogP contribution in [-0.2, 0) is 19.1 Å². The van der Waals surface area contributed by atoms with E-state index in [0.717, 1.165) is 25.9 Å². The zero-order valence-corrected chi connectivity index (χ0v) is 18.8. The van der Waals surface area contributed by atoms with Gasteiger partial charge in [-0.25, -0.2) is 0 Å². The number of carbonyl (C=O) groups excluding carboxylic acids is 2. The molecule has 2 unspecified atom stereocenters. The molecule has 1 saturated carbocycles. The van der Waals surface area contributed by atoms with Crippen molar-refractivity contribution in [2.75, 3.05) is 53.6 Å². The van der Waals surface area contributed by atoms with Gasteiger partial charge in [0.25, 0.3) is 0 Å². The monoisotopic (exact) mass is 413 g/mol. The lowest BCUT2D eigenvalue weighted by atomic mass is 9.74. The molecule has 0 aromatic heterocycles. The Morgan fingerprint density at radius 1 is 0.793 bits per heavy atom. The largest absolute Gasteiger partial charge is 0.383 e. The molecule has 0 radical (unpaired) electrons. The van der Waals surface area contributed by atoms with E-state index in [4.69, 9.17) is 9.47 Å². The molecular formula is C22H43N3O4. The van der Waals surface area contributed by atoms with Crippen LogP contribution in [-0.4, -0.2) is 65.4 Å². The van der Waals surface area contributed by atoms with Crippen LogP contribution in [0, 0.1) is 17.8 Å². The van der Waals surface area contributed by atoms with Gasteiger partial charge in [0, 0.05) is 39.1 Å². The van der Waals surface area contributed by atoms with Crippen LogP contribution >= 0.6 is 0 Å². The molecule has 1 aliphatic carbocycles. The van der Waals surface area contributed by atoms with E-state index in [2.05, 4.69) is 22.9 Å². The van der Waals surface area contributed by atoms with E-state index in [-0.39, 0.29) is 23.7 Å². The molecule has 7 heteroatoms. The number of hydrogen-bond donors (Lipinski definition) is 3. The number of methoxy groups -OCH3 is 2. The number of amides is 2. The summed E-state index contributed by atoms with van der Waals surface area (Å²) in [5.74, 6) is 0.197. The summed E-state index contributed by atoms with van der Waals surface area (Å²) in [5, 5.41) is 9.44. The van der Waals surface area contributed by atoms with Crippen molar-refractivity contribution in [1.29, 1.82) is 0 Å². The number of ether oxygens (including phenoxy) is 2. The molecule has 0 spiro atoms. The molecule has 2 atom stereocenters. The van der Waals surface area contributed by atoms with Gasteiger partial charge in [-0.15, -0.1) is 0 Å². The minimum Gasteiger partial charge on any atom is -0.383 e. The molecular weight excluding hydrogens is 370 g/mol. The first-order valence-electron chi connectivity index (χ1n) is 11.4. The summed E-state index contributed by atoms with van der Waals surface area (Å²) in [6.07, 6.45) is 8.61. The van der Waals surface area contributed by atoms with E-state index >= 15 is 0 Å². The van der Waals surface area contributed by atoms with Crippen LogP contribution in [0.25, 0.3) is 0 Å². The highest BCUT2D eigenvalue weighted by molar-refractivity contribution is 5.82. The fourth-order valence-electron chi connectivity index (χ4n) is 4.03. The van der Waals surface area contributed by atoms with Crippen LogP contribution < -0.4 is 16.0 Å². The lowest BCUT2D eigenvalue weighted by molar-refractivity contribution is -0.131. The van der Waals surface area contributed by atoms with Crippen LogP contribution in [0.4, 0.5) is 0 Å². The maximum absolute atomic E-state index is 12.6. The molecule has 3 N–H and O–H groups in total. The summed E-state index contributed by atoms with van der Waals surface area (Å²) in [7, 11) is 3.24. The Labute approximate surface area is 177 Å². The Bertz CT molecular complexity index is 418. The minimum absolute atomic E-state index is 0.0426. The van der Waals surface area contributed by atoms with Crippen molar-refractivity contribution in [3.05, 3.63) is 0 Å². The number of rotatable bonds is 16. The predicted molar refractivity (Wildman–Crippen MR) is 116 cm³/mol. The zero-order valence-electron chi connectivity index (χ0n) is 18.8. The van der Waals surface area contributed by atoms with Gasteiger partial charge in [-0.1, -0.05) is 32.6 Å². The third kappa shape index (κ3) is 11.6. The first-order valence-corrected chi connectivity index (χ1v) is 11.4. The third-order valence-electron chi connectivity index (χ3n) is 5.65. The SMILES string of the molecule is CCCCCCCNCC1CC(C(=O)NCCOC)CC(C(=O)NCCOC)C1. The van der Waals surface area contributed by atoms with Gasteiger partial charge in [0.15, 0.2) is 0 Å². The number of unbranched alkanes of at least 4 members (excludes halogenated alkanes) is 4. The van der Waals surface area contributed by atoms with Gasteiger partial charge >= 0.3 is 0 Å². The van der Waals surface area contributed by atoms with Crippen LogP contribution in [0.1, 0.15) is 58.3 Å². The van der Waals surface area contributed by atoms with Crippen molar-refractivity contribution in [2.24, 2.45) is 17.8 Å². The van der Waals surface area contributed by atoms with Crippen molar-refractivity contribution in [2.45, 2.75) is 58.3 Å². The van der Waals surface area contributed by atoms with E-state index in [1.165, 1.54) is 32.1 Å². The second-order valence-corrected chi connectivity index (χ2v) is 8.15. The van der Waals surface area contributed by atoms with E-state index in [1.54, 1.807) is 14.2 Å². The Morgan fingerprint density at radius 2 is 1.34 bits per heavy atom. The van der Waals surface area contributed by atoms with E-state index < -0.39 is 0 Å². The van der Waals surface area contributed by atoms with Crippen molar-refractivity contribution in [3.63, 3.8) is 0 Å². The lowest BCUT2D eigenvalue weighted by Gasteiger charge is -2.34. The van der Waals surface area contributed by atoms with Crippen molar-refractivity contribution < 1.29 is 19.1 Å². The fourth-order valence-corrected chi connectivity index (χ4v) is 4.03. The first-order chi connectivity index (χ1) is 14.1. The third-order valence-corrected chi connectivity index (χ3v) is 5.65. The highest BCUT2D eigenvalue weighted by Gasteiger charge is 2.35. The summed E-state index contributed by atoms with van der Waals surface area (Å²) in [5.41, 5.74) is 0. The van der Waals surface area contributed by atoms with Crippen LogP contribution in [0.5, 0.6) is 0 Å². The van der Waals surface area contributed by atoms with Crippen molar-refractivity contribution in [3.8, 4) is 0 Å². The molecule has 1 fully saturated rings. The summed E-state index contributed by atoms with van der Waals surface area (Å²) >= 11 is 0. The van der Waals surface area contributed by atoms with E-state index in [9.17, 15) is 9.59 Å². The summed E-state index contributed by atoms with van der Waals surface area (Å²) < 4.78 is 10.0.